The second-order valence-electron chi connectivity index (χ2n) is 5.04. The van der Waals surface area contributed by atoms with E-state index in [1.807, 2.05) is 60.3 Å². The Bertz CT molecular complexity index is 658. The minimum absolute atomic E-state index is 0.843. The molecule has 1 heterocycles. The molecule has 0 atom stereocenters. The van der Waals surface area contributed by atoms with E-state index in [-0.39, 0.29) is 0 Å². The summed E-state index contributed by atoms with van der Waals surface area (Å²) in [6.07, 6.45) is 0. The van der Waals surface area contributed by atoms with E-state index in [0.717, 1.165) is 45.6 Å². The quantitative estimate of drug-likeness (QED) is 0.861. The number of hydrogen-bond acceptors (Lipinski definition) is 5. The van der Waals surface area contributed by atoms with E-state index in [1.165, 1.54) is 0 Å². The van der Waals surface area contributed by atoms with Crippen LogP contribution in [-0.4, -0.2) is 37.1 Å². The van der Waals surface area contributed by atoms with E-state index in [9.17, 15) is 0 Å². The van der Waals surface area contributed by atoms with Crippen molar-refractivity contribution in [2.45, 2.75) is 0 Å². The lowest BCUT2D eigenvalue weighted by Gasteiger charge is -2.05. The van der Waals surface area contributed by atoms with E-state index < -0.39 is 0 Å². The molecule has 1 aliphatic heterocycles. The highest BCUT2D eigenvalue weighted by atomic mass is 32.2. The first kappa shape index (κ1) is 15.6. The predicted molar refractivity (Wildman–Crippen MR) is 96.4 cm³/mol. The largest absolute Gasteiger partial charge is 0.497 e. The van der Waals surface area contributed by atoms with Gasteiger partial charge >= 0.3 is 0 Å². The van der Waals surface area contributed by atoms with Gasteiger partial charge in [0.1, 0.15) is 11.5 Å². The van der Waals surface area contributed by atoms with Gasteiger partial charge in [-0.25, -0.2) is 0 Å². The maximum atomic E-state index is 5.19. The van der Waals surface area contributed by atoms with Crippen molar-refractivity contribution >= 4 is 23.2 Å². The van der Waals surface area contributed by atoms with Crippen molar-refractivity contribution in [2.24, 2.45) is 10.2 Å². The fourth-order valence-corrected chi connectivity index (χ4v) is 3.21. The van der Waals surface area contributed by atoms with Crippen molar-refractivity contribution in [1.29, 1.82) is 0 Å². The average molecular weight is 326 g/mol. The Morgan fingerprint density at radius 3 is 1.43 bits per heavy atom. The molecule has 0 aliphatic carbocycles. The predicted octanol–water partition coefficient (Wildman–Crippen LogP) is 3.64. The molecule has 2 aromatic carbocycles. The summed E-state index contributed by atoms with van der Waals surface area (Å²) in [6.45, 7) is 0. The fraction of sp³-hybridized carbons (Fsp3) is 0.222. The number of benzene rings is 2. The van der Waals surface area contributed by atoms with Crippen molar-refractivity contribution in [2.75, 3.05) is 25.7 Å². The van der Waals surface area contributed by atoms with Crippen molar-refractivity contribution in [3.63, 3.8) is 0 Å². The standard InChI is InChI=1S/C18H18N2O2S/c1-21-15-7-3-13(4-8-15)17-11-23-12-18(20-19-17)14-5-9-16(22-2)10-6-14/h3-10H,11-12H2,1-2H3. The number of rotatable bonds is 4. The van der Waals surface area contributed by atoms with Crippen LogP contribution in [-0.2, 0) is 0 Å². The lowest BCUT2D eigenvalue weighted by Crippen LogP contribution is -2.05. The van der Waals surface area contributed by atoms with Crippen LogP contribution in [0.2, 0.25) is 0 Å². The molecule has 1 aliphatic rings. The topological polar surface area (TPSA) is 43.2 Å². The van der Waals surface area contributed by atoms with Gasteiger partial charge in [0.15, 0.2) is 0 Å². The second-order valence-corrected chi connectivity index (χ2v) is 6.03. The fourth-order valence-electron chi connectivity index (χ4n) is 2.27. The highest BCUT2D eigenvalue weighted by Crippen LogP contribution is 2.19. The summed E-state index contributed by atoms with van der Waals surface area (Å²) in [5, 5.41) is 8.92. The third kappa shape index (κ3) is 3.74. The summed E-state index contributed by atoms with van der Waals surface area (Å²) in [5.74, 6) is 3.38. The zero-order valence-corrected chi connectivity index (χ0v) is 14.0. The molecule has 0 N–H and O–H groups in total. The monoisotopic (exact) mass is 326 g/mol. The summed E-state index contributed by atoms with van der Waals surface area (Å²) < 4.78 is 10.4. The molecular weight excluding hydrogens is 308 g/mol. The summed E-state index contributed by atoms with van der Waals surface area (Å²) in [6, 6.07) is 15.9. The van der Waals surface area contributed by atoms with E-state index in [2.05, 4.69) is 10.2 Å². The molecule has 0 amide bonds. The van der Waals surface area contributed by atoms with Crippen molar-refractivity contribution in [1.82, 2.24) is 0 Å². The molecule has 5 heteroatoms. The van der Waals surface area contributed by atoms with Crippen LogP contribution in [0.25, 0.3) is 0 Å². The maximum absolute atomic E-state index is 5.19. The van der Waals surface area contributed by atoms with Crippen LogP contribution in [0.1, 0.15) is 11.1 Å². The molecule has 118 valence electrons. The molecule has 0 saturated carbocycles. The van der Waals surface area contributed by atoms with Crippen molar-refractivity contribution in [3.05, 3.63) is 59.7 Å². The third-order valence-corrected chi connectivity index (χ3v) is 4.57. The smallest absolute Gasteiger partial charge is 0.118 e. The molecular formula is C18H18N2O2S. The maximum Gasteiger partial charge on any atom is 0.118 e. The average Bonchev–Trinajstić information content (AvgIpc) is 2.88. The first-order valence-electron chi connectivity index (χ1n) is 7.30. The first-order valence-corrected chi connectivity index (χ1v) is 8.45. The molecule has 0 bridgehead atoms. The van der Waals surface area contributed by atoms with Crippen LogP contribution in [0, 0.1) is 0 Å². The van der Waals surface area contributed by atoms with Crippen LogP contribution < -0.4 is 9.47 Å². The van der Waals surface area contributed by atoms with E-state index >= 15 is 0 Å². The highest BCUT2D eigenvalue weighted by Gasteiger charge is 2.12. The molecule has 23 heavy (non-hydrogen) atoms. The van der Waals surface area contributed by atoms with Gasteiger partial charge in [-0.05, 0) is 59.7 Å². The number of nitrogens with zero attached hydrogens (tertiary/aromatic N) is 2. The van der Waals surface area contributed by atoms with Gasteiger partial charge in [-0.3, -0.25) is 0 Å². The SMILES string of the molecule is COc1ccc(C2=NN=C(c3ccc(OC)cc3)CSC2)cc1. The van der Waals surface area contributed by atoms with E-state index in [4.69, 9.17) is 9.47 Å². The molecule has 3 rings (SSSR count). The Kier molecular flexibility index (Phi) is 4.98. The number of hydrogen-bond donors (Lipinski definition) is 0. The molecule has 0 saturated heterocycles. The van der Waals surface area contributed by atoms with Crippen molar-refractivity contribution < 1.29 is 9.47 Å². The molecule has 0 fully saturated rings. The lowest BCUT2D eigenvalue weighted by molar-refractivity contribution is 0.414. The molecule has 2 aromatic rings. The first-order chi connectivity index (χ1) is 11.3. The van der Waals surface area contributed by atoms with Gasteiger partial charge in [0.05, 0.1) is 25.6 Å². The van der Waals surface area contributed by atoms with Gasteiger partial charge < -0.3 is 9.47 Å². The Morgan fingerprint density at radius 2 is 1.09 bits per heavy atom. The minimum Gasteiger partial charge on any atom is -0.497 e. The highest BCUT2D eigenvalue weighted by molar-refractivity contribution is 8.00. The summed E-state index contributed by atoms with van der Waals surface area (Å²) in [5.41, 5.74) is 4.14. The van der Waals surface area contributed by atoms with Crippen LogP contribution in [0.4, 0.5) is 0 Å². The van der Waals surface area contributed by atoms with Gasteiger partial charge in [0.25, 0.3) is 0 Å². The van der Waals surface area contributed by atoms with Gasteiger partial charge in [-0.15, -0.1) is 11.8 Å². The molecule has 0 radical (unpaired) electrons. The lowest BCUT2D eigenvalue weighted by atomic mass is 10.1. The van der Waals surface area contributed by atoms with Gasteiger partial charge in [0, 0.05) is 11.5 Å². The summed E-state index contributed by atoms with van der Waals surface area (Å²) in [4.78, 5) is 0. The van der Waals surface area contributed by atoms with Gasteiger partial charge in [-0.2, -0.15) is 10.2 Å². The molecule has 0 aromatic heterocycles. The number of ether oxygens (including phenoxy) is 2. The zero-order valence-electron chi connectivity index (χ0n) is 13.2. The van der Waals surface area contributed by atoms with Crippen molar-refractivity contribution in [3.8, 4) is 11.5 Å². The molecule has 4 nitrogen and oxygen atoms in total. The Balaban J connectivity index is 1.83. The van der Waals surface area contributed by atoms with E-state index in [0.29, 0.717) is 0 Å². The molecule has 0 spiro atoms. The normalized spacial score (nSPS) is 14.5. The van der Waals surface area contributed by atoms with Gasteiger partial charge in [-0.1, -0.05) is 0 Å². The second kappa shape index (κ2) is 7.33. The number of methoxy groups -OCH3 is 2. The zero-order chi connectivity index (χ0) is 16.1. The van der Waals surface area contributed by atoms with Crippen LogP contribution in [0.5, 0.6) is 11.5 Å². The Morgan fingerprint density at radius 1 is 0.696 bits per heavy atom. The number of thioether (sulfide) groups is 1. The Labute approximate surface area is 140 Å². The summed E-state index contributed by atoms with van der Waals surface area (Å²) in [7, 11) is 3.33. The minimum atomic E-state index is 0.843. The van der Waals surface area contributed by atoms with Crippen LogP contribution in [0.15, 0.2) is 58.7 Å². The molecule has 0 unspecified atom stereocenters. The van der Waals surface area contributed by atoms with E-state index in [1.54, 1.807) is 14.2 Å². The van der Waals surface area contributed by atoms with Crippen LogP contribution >= 0.6 is 11.8 Å². The van der Waals surface area contributed by atoms with Crippen LogP contribution in [0.3, 0.4) is 0 Å². The van der Waals surface area contributed by atoms with Gasteiger partial charge in [0.2, 0.25) is 0 Å². The Hall–Kier alpha value is -2.27. The summed E-state index contributed by atoms with van der Waals surface area (Å²) >= 11 is 1.82. The third-order valence-electron chi connectivity index (χ3n) is 3.62.